The maximum Gasteiger partial charge on any atom is 0.250 e. The first kappa shape index (κ1) is 10.6. The first-order valence-corrected chi connectivity index (χ1v) is 5.26. The Labute approximate surface area is 92.7 Å². The summed E-state index contributed by atoms with van der Waals surface area (Å²) >= 11 is 0. The normalized spacial score (nSPS) is 10.6. The van der Waals surface area contributed by atoms with Gasteiger partial charge in [-0.2, -0.15) is 4.98 Å². The van der Waals surface area contributed by atoms with Crippen molar-refractivity contribution in [1.82, 2.24) is 14.7 Å². The van der Waals surface area contributed by atoms with Gasteiger partial charge in [-0.1, -0.05) is 18.1 Å². The number of aryl methyl sites for hydroxylation is 1. The Bertz CT molecular complexity index is 516. The largest absolute Gasteiger partial charge is 0.339 e. The number of nitrogens with zero attached hydrogens (tertiary/aromatic N) is 3. The van der Waals surface area contributed by atoms with Gasteiger partial charge in [0.2, 0.25) is 5.89 Å². The summed E-state index contributed by atoms with van der Waals surface area (Å²) in [5, 5.41) is 3.83. The van der Waals surface area contributed by atoms with Crippen LogP contribution in [0.1, 0.15) is 25.1 Å². The van der Waals surface area contributed by atoms with E-state index in [2.05, 4.69) is 10.1 Å². The van der Waals surface area contributed by atoms with Crippen LogP contribution in [0.4, 0.5) is 0 Å². The molecule has 0 aromatic carbocycles. The first-order valence-electron chi connectivity index (χ1n) is 5.26. The molecule has 5 nitrogen and oxygen atoms in total. The van der Waals surface area contributed by atoms with Crippen molar-refractivity contribution in [2.45, 2.75) is 26.3 Å². The van der Waals surface area contributed by atoms with Crippen molar-refractivity contribution >= 4 is 0 Å². The molecule has 0 N–H and O–H groups in total. The maximum atomic E-state index is 11.4. The third-order valence-corrected chi connectivity index (χ3v) is 2.18. The van der Waals surface area contributed by atoms with E-state index in [1.54, 1.807) is 22.9 Å². The van der Waals surface area contributed by atoms with E-state index in [9.17, 15) is 4.79 Å². The second-order valence-corrected chi connectivity index (χ2v) is 3.52. The summed E-state index contributed by atoms with van der Waals surface area (Å²) in [6, 6.07) is 5.01. The molecule has 0 saturated heterocycles. The smallest absolute Gasteiger partial charge is 0.250 e. The third-order valence-electron chi connectivity index (χ3n) is 2.18. The van der Waals surface area contributed by atoms with Crippen LogP contribution in [0.25, 0.3) is 0 Å². The van der Waals surface area contributed by atoms with E-state index in [1.807, 2.05) is 6.92 Å². The summed E-state index contributed by atoms with van der Waals surface area (Å²) in [6.45, 7) is 2.40. The van der Waals surface area contributed by atoms with Crippen LogP contribution < -0.4 is 5.56 Å². The first-order chi connectivity index (χ1) is 7.79. The van der Waals surface area contributed by atoms with Crippen LogP contribution in [-0.4, -0.2) is 14.7 Å². The maximum absolute atomic E-state index is 11.4. The topological polar surface area (TPSA) is 60.9 Å². The van der Waals surface area contributed by atoms with Crippen molar-refractivity contribution in [2.75, 3.05) is 0 Å². The van der Waals surface area contributed by atoms with Crippen LogP contribution in [0.15, 0.2) is 33.7 Å². The van der Waals surface area contributed by atoms with E-state index < -0.39 is 0 Å². The molecular weight excluding hydrogens is 206 g/mol. The quantitative estimate of drug-likeness (QED) is 0.776. The highest BCUT2D eigenvalue weighted by Crippen LogP contribution is 2.01. The summed E-state index contributed by atoms with van der Waals surface area (Å²) in [6.07, 6.45) is 3.45. The highest BCUT2D eigenvalue weighted by atomic mass is 16.5. The lowest BCUT2D eigenvalue weighted by atomic mass is 10.3. The van der Waals surface area contributed by atoms with Gasteiger partial charge in [0.1, 0.15) is 0 Å². The summed E-state index contributed by atoms with van der Waals surface area (Å²) < 4.78 is 6.58. The Morgan fingerprint density at radius 3 is 3.06 bits per heavy atom. The Kier molecular flexibility index (Phi) is 3.14. The van der Waals surface area contributed by atoms with E-state index in [1.165, 1.54) is 6.07 Å². The highest BCUT2D eigenvalue weighted by molar-refractivity contribution is 4.96. The van der Waals surface area contributed by atoms with E-state index in [0.717, 1.165) is 12.8 Å². The number of hydrogen-bond donors (Lipinski definition) is 0. The molecule has 0 saturated carbocycles. The molecule has 5 heteroatoms. The Balaban J connectivity index is 2.15. The Morgan fingerprint density at radius 2 is 2.31 bits per heavy atom. The molecule has 0 amide bonds. The lowest BCUT2D eigenvalue weighted by molar-refractivity contribution is 0.371. The van der Waals surface area contributed by atoms with Crippen molar-refractivity contribution < 1.29 is 4.52 Å². The third kappa shape index (κ3) is 2.36. The molecule has 0 unspecified atom stereocenters. The van der Waals surface area contributed by atoms with E-state index >= 15 is 0 Å². The number of rotatable bonds is 4. The van der Waals surface area contributed by atoms with Gasteiger partial charge in [0.15, 0.2) is 5.82 Å². The Morgan fingerprint density at radius 1 is 1.44 bits per heavy atom. The molecule has 0 aliphatic carbocycles. The highest BCUT2D eigenvalue weighted by Gasteiger charge is 2.06. The van der Waals surface area contributed by atoms with Crippen LogP contribution in [-0.2, 0) is 13.0 Å². The second-order valence-electron chi connectivity index (χ2n) is 3.52. The van der Waals surface area contributed by atoms with E-state index in [4.69, 9.17) is 4.52 Å². The molecule has 2 rings (SSSR count). The van der Waals surface area contributed by atoms with Crippen molar-refractivity contribution in [1.29, 1.82) is 0 Å². The summed E-state index contributed by atoms with van der Waals surface area (Å²) in [4.78, 5) is 15.6. The summed E-state index contributed by atoms with van der Waals surface area (Å²) in [7, 11) is 0. The molecule has 0 spiro atoms. The predicted octanol–water partition coefficient (Wildman–Crippen LogP) is 1.23. The van der Waals surface area contributed by atoms with Gasteiger partial charge in [-0.05, 0) is 12.5 Å². The minimum absolute atomic E-state index is 0.0654. The lowest BCUT2D eigenvalue weighted by Crippen LogP contribution is -2.18. The summed E-state index contributed by atoms with van der Waals surface area (Å²) in [5.41, 5.74) is -0.0654. The number of hydrogen-bond acceptors (Lipinski definition) is 4. The summed E-state index contributed by atoms with van der Waals surface area (Å²) in [5.74, 6) is 1.17. The zero-order valence-electron chi connectivity index (χ0n) is 9.09. The number of pyridine rings is 1. The molecule has 84 valence electrons. The van der Waals surface area contributed by atoms with Crippen LogP contribution in [0, 0.1) is 0 Å². The molecule has 0 aliphatic heterocycles. The van der Waals surface area contributed by atoms with Crippen LogP contribution in [0.5, 0.6) is 0 Å². The molecule has 2 aromatic rings. The zero-order chi connectivity index (χ0) is 11.4. The Hall–Kier alpha value is -1.91. The minimum atomic E-state index is -0.0654. The van der Waals surface area contributed by atoms with E-state index in [-0.39, 0.29) is 5.56 Å². The van der Waals surface area contributed by atoms with Crippen molar-refractivity contribution in [3.63, 3.8) is 0 Å². The molecular formula is C11H13N3O2. The fourth-order valence-electron chi connectivity index (χ4n) is 1.41. The van der Waals surface area contributed by atoms with Crippen LogP contribution in [0.2, 0.25) is 0 Å². The van der Waals surface area contributed by atoms with Crippen molar-refractivity contribution in [2.24, 2.45) is 0 Å². The van der Waals surface area contributed by atoms with Gasteiger partial charge in [0.05, 0.1) is 6.54 Å². The average molecular weight is 219 g/mol. The fourth-order valence-corrected chi connectivity index (χ4v) is 1.41. The molecule has 2 aromatic heterocycles. The molecule has 0 bridgehead atoms. The van der Waals surface area contributed by atoms with Crippen molar-refractivity contribution in [3.8, 4) is 0 Å². The second kappa shape index (κ2) is 4.74. The van der Waals surface area contributed by atoms with Gasteiger partial charge in [0.25, 0.3) is 5.56 Å². The van der Waals surface area contributed by atoms with Gasteiger partial charge in [0, 0.05) is 18.7 Å². The molecule has 0 atom stereocenters. The monoisotopic (exact) mass is 219 g/mol. The van der Waals surface area contributed by atoms with Crippen LogP contribution >= 0.6 is 0 Å². The predicted molar refractivity (Wildman–Crippen MR) is 58.1 cm³/mol. The standard InChI is InChI=1S/C11H13N3O2/c1-2-5-10-12-9(13-16-10)8-14-7-4-3-6-11(14)15/h3-4,6-7H,2,5,8H2,1H3. The lowest BCUT2D eigenvalue weighted by Gasteiger charge is -1.99. The molecule has 0 aliphatic rings. The van der Waals surface area contributed by atoms with Gasteiger partial charge in [-0.15, -0.1) is 0 Å². The average Bonchev–Trinajstić information content (AvgIpc) is 2.70. The van der Waals surface area contributed by atoms with Gasteiger partial charge in [-0.25, -0.2) is 0 Å². The fraction of sp³-hybridized carbons (Fsp3) is 0.364. The van der Waals surface area contributed by atoms with Gasteiger partial charge < -0.3 is 9.09 Å². The zero-order valence-corrected chi connectivity index (χ0v) is 9.09. The molecule has 0 radical (unpaired) electrons. The van der Waals surface area contributed by atoms with Gasteiger partial charge in [-0.3, -0.25) is 4.79 Å². The van der Waals surface area contributed by atoms with Crippen molar-refractivity contribution in [3.05, 3.63) is 46.5 Å². The SMILES string of the molecule is CCCc1nc(Cn2ccccc2=O)no1. The minimum Gasteiger partial charge on any atom is -0.339 e. The molecule has 16 heavy (non-hydrogen) atoms. The van der Waals surface area contributed by atoms with Gasteiger partial charge >= 0.3 is 0 Å². The van der Waals surface area contributed by atoms with E-state index in [0.29, 0.717) is 18.3 Å². The molecule has 2 heterocycles. The van der Waals surface area contributed by atoms with Crippen LogP contribution in [0.3, 0.4) is 0 Å². The number of aromatic nitrogens is 3. The molecule has 0 fully saturated rings.